The number of rotatable bonds is 3. The fourth-order valence-electron chi connectivity index (χ4n) is 1.84. The molecule has 2 nitrogen and oxygen atoms in total. The van der Waals surface area contributed by atoms with Crippen LogP contribution in [0.5, 0.6) is 0 Å². The normalized spacial score (nSPS) is 10.3. The Bertz CT molecular complexity index is 677. The summed E-state index contributed by atoms with van der Waals surface area (Å²) in [7, 11) is 0. The number of benzene rings is 2. The third-order valence-electron chi connectivity index (χ3n) is 2.88. The SMILES string of the molecule is CCc1cc(Br)ccc1NC(=S)Nc1ccc(Cl)cc1Cl. The van der Waals surface area contributed by atoms with Gasteiger partial charge in [-0.2, -0.15) is 0 Å². The minimum absolute atomic E-state index is 0.483. The van der Waals surface area contributed by atoms with E-state index >= 15 is 0 Å². The van der Waals surface area contributed by atoms with Gasteiger partial charge in [0.15, 0.2) is 5.11 Å². The molecule has 0 aliphatic heterocycles. The number of nitrogens with one attached hydrogen (secondary N) is 2. The zero-order valence-electron chi connectivity index (χ0n) is 11.2. The molecule has 0 aliphatic carbocycles. The van der Waals surface area contributed by atoms with Gasteiger partial charge in [0, 0.05) is 15.2 Å². The molecule has 110 valence electrons. The van der Waals surface area contributed by atoms with E-state index < -0.39 is 0 Å². The Morgan fingerprint density at radius 1 is 1.10 bits per heavy atom. The van der Waals surface area contributed by atoms with Crippen LogP contribution in [0.25, 0.3) is 0 Å². The van der Waals surface area contributed by atoms with Gasteiger partial charge in [0.2, 0.25) is 0 Å². The summed E-state index contributed by atoms with van der Waals surface area (Å²) in [6.45, 7) is 2.10. The molecule has 21 heavy (non-hydrogen) atoms. The van der Waals surface area contributed by atoms with Crippen LogP contribution in [0.4, 0.5) is 11.4 Å². The van der Waals surface area contributed by atoms with Crippen LogP contribution in [0, 0.1) is 0 Å². The molecule has 0 amide bonds. The van der Waals surface area contributed by atoms with Crippen LogP contribution in [-0.4, -0.2) is 5.11 Å². The fourth-order valence-corrected chi connectivity index (χ4v) is 2.93. The van der Waals surface area contributed by atoms with Crippen molar-refractivity contribution in [1.29, 1.82) is 0 Å². The van der Waals surface area contributed by atoms with E-state index in [-0.39, 0.29) is 0 Å². The van der Waals surface area contributed by atoms with E-state index in [1.54, 1.807) is 18.2 Å². The van der Waals surface area contributed by atoms with Gasteiger partial charge in [0.25, 0.3) is 0 Å². The van der Waals surface area contributed by atoms with Crippen LogP contribution in [0.3, 0.4) is 0 Å². The van der Waals surface area contributed by atoms with E-state index in [1.165, 1.54) is 5.56 Å². The molecule has 0 fully saturated rings. The van der Waals surface area contributed by atoms with E-state index in [1.807, 2.05) is 12.1 Å². The average molecular weight is 404 g/mol. The minimum atomic E-state index is 0.483. The van der Waals surface area contributed by atoms with Gasteiger partial charge in [-0.25, -0.2) is 0 Å². The predicted octanol–water partition coefficient (Wildman–Crippen LogP) is 6.13. The molecule has 0 spiro atoms. The van der Waals surface area contributed by atoms with E-state index in [0.29, 0.717) is 20.8 Å². The number of thiocarbonyl (C=S) groups is 1. The van der Waals surface area contributed by atoms with Crippen LogP contribution in [-0.2, 0) is 6.42 Å². The second kappa shape index (κ2) is 7.45. The summed E-state index contributed by atoms with van der Waals surface area (Å²) in [5.41, 5.74) is 2.87. The Labute approximate surface area is 148 Å². The molecule has 0 heterocycles. The first kappa shape index (κ1) is 16.6. The zero-order chi connectivity index (χ0) is 15.4. The maximum absolute atomic E-state index is 6.12. The highest BCUT2D eigenvalue weighted by Crippen LogP contribution is 2.26. The lowest BCUT2D eigenvalue weighted by Crippen LogP contribution is -2.20. The monoisotopic (exact) mass is 402 g/mol. The Hall–Kier alpha value is -0.810. The van der Waals surface area contributed by atoms with Crippen molar-refractivity contribution < 1.29 is 0 Å². The molecular weight excluding hydrogens is 391 g/mol. The minimum Gasteiger partial charge on any atom is -0.332 e. The van der Waals surface area contributed by atoms with Crippen LogP contribution >= 0.6 is 51.3 Å². The molecule has 0 aliphatic rings. The van der Waals surface area contributed by atoms with Crippen molar-refractivity contribution in [3.8, 4) is 0 Å². The summed E-state index contributed by atoms with van der Waals surface area (Å²) in [5.74, 6) is 0. The van der Waals surface area contributed by atoms with Crippen LogP contribution < -0.4 is 10.6 Å². The quantitative estimate of drug-likeness (QED) is 0.603. The van der Waals surface area contributed by atoms with Gasteiger partial charge in [-0.15, -0.1) is 0 Å². The fraction of sp³-hybridized carbons (Fsp3) is 0.133. The summed E-state index contributed by atoms with van der Waals surface area (Å²) >= 11 is 20.8. The van der Waals surface area contributed by atoms with Gasteiger partial charge in [-0.05, 0) is 60.6 Å². The number of anilines is 2. The predicted molar refractivity (Wildman–Crippen MR) is 99.8 cm³/mol. The first-order valence-electron chi connectivity index (χ1n) is 6.31. The van der Waals surface area contributed by atoms with Crippen molar-refractivity contribution in [2.45, 2.75) is 13.3 Å². The van der Waals surface area contributed by atoms with Crippen molar-refractivity contribution in [1.82, 2.24) is 0 Å². The smallest absolute Gasteiger partial charge is 0.175 e. The summed E-state index contributed by atoms with van der Waals surface area (Å²) in [4.78, 5) is 0. The van der Waals surface area contributed by atoms with Gasteiger partial charge in [0.1, 0.15) is 0 Å². The molecule has 0 atom stereocenters. The standard InChI is InChI=1S/C15H13BrCl2N2S/c1-2-9-7-10(16)3-5-13(9)19-15(21)20-14-6-4-11(17)8-12(14)18/h3-8H,2H2,1H3,(H2,19,20,21). The lowest BCUT2D eigenvalue weighted by atomic mass is 10.1. The first-order valence-corrected chi connectivity index (χ1v) is 8.26. The maximum atomic E-state index is 6.12. The van der Waals surface area contributed by atoms with E-state index in [2.05, 4.69) is 39.6 Å². The number of hydrogen-bond donors (Lipinski definition) is 2. The topological polar surface area (TPSA) is 24.1 Å². The number of aryl methyl sites for hydroxylation is 1. The van der Waals surface area contributed by atoms with E-state index in [4.69, 9.17) is 35.4 Å². The zero-order valence-corrected chi connectivity index (χ0v) is 15.1. The molecular formula is C15H13BrCl2N2S. The van der Waals surface area contributed by atoms with Crippen molar-refractivity contribution >= 4 is 67.8 Å². The van der Waals surface area contributed by atoms with Crippen LogP contribution in [0.1, 0.15) is 12.5 Å². The second-order valence-electron chi connectivity index (χ2n) is 4.36. The van der Waals surface area contributed by atoms with Crippen LogP contribution in [0.15, 0.2) is 40.9 Å². The number of halogens is 3. The molecule has 0 aromatic heterocycles. The van der Waals surface area contributed by atoms with Gasteiger partial charge < -0.3 is 10.6 Å². The molecule has 0 saturated carbocycles. The van der Waals surface area contributed by atoms with Gasteiger partial charge >= 0.3 is 0 Å². The maximum Gasteiger partial charge on any atom is 0.175 e. The summed E-state index contributed by atoms with van der Waals surface area (Å²) < 4.78 is 1.05. The molecule has 0 unspecified atom stereocenters. The van der Waals surface area contributed by atoms with Crippen molar-refractivity contribution in [2.24, 2.45) is 0 Å². The van der Waals surface area contributed by atoms with Gasteiger partial charge in [-0.3, -0.25) is 0 Å². The molecule has 0 bridgehead atoms. The van der Waals surface area contributed by atoms with Gasteiger partial charge in [-0.1, -0.05) is 46.1 Å². The molecule has 2 aromatic rings. The molecule has 2 aromatic carbocycles. The molecule has 0 saturated heterocycles. The summed E-state index contributed by atoms with van der Waals surface area (Å²) in [6.07, 6.45) is 0.909. The van der Waals surface area contributed by atoms with Crippen molar-refractivity contribution in [3.63, 3.8) is 0 Å². The highest BCUT2D eigenvalue weighted by atomic mass is 79.9. The average Bonchev–Trinajstić information content (AvgIpc) is 2.44. The molecule has 0 radical (unpaired) electrons. The highest BCUT2D eigenvalue weighted by molar-refractivity contribution is 9.10. The van der Waals surface area contributed by atoms with Crippen molar-refractivity contribution in [3.05, 3.63) is 56.5 Å². The van der Waals surface area contributed by atoms with Crippen LogP contribution in [0.2, 0.25) is 10.0 Å². The lowest BCUT2D eigenvalue weighted by Gasteiger charge is -2.14. The highest BCUT2D eigenvalue weighted by Gasteiger charge is 2.06. The Morgan fingerprint density at radius 3 is 2.43 bits per heavy atom. The largest absolute Gasteiger partial charge is 0.332 e. The Kier molecular flexibility index (Phi) is 5.88. The molecule has 2 rings (SSSR count). The Morgan fingerprint density at radius 2 is 1.76 bits per heavy atom. The third kappa shape index (κ3) is 4.58. The van der Waals surface area contributed by atoms with Crippen molar-refractivity contribution in [2.75, 3.05) is 10.6 Å². The van der Waals surface area contributed by atoms with Gasteiger partial charge in [0.05, 0.1) is 10.7 Å². The molecule has 6 heteroatoms. The number of hydrogen-bond acceptors (Lipinski definition) is 1. The third-order valence-corrected chi connectivity index (χ3v) is 4.12. The first-order chi connectivity index (χ1) is 9.99. The van der Waals surface area contributed by atoms with E-state index in [9.17, 15) is 0 Å². The summed E-state index contributed by atoms with van der Waals surface area (Å²) in [5, 5.41) is 7.85. The summed E-state index contributed by atoms with van der Waals surface area (Å²) in [6, 6.07) is 11.3. The lowest BCUT2D eigenvalue weighted by molar-refractivity contribution is 1.14. The molecule has 2 N–H and O–H groups in total. The Balaban J connectivity index is 2.11. The second-order valence-corrected chi connectivity index (χ2v) is 6.53. The van der Waals surface area contributed by atoms with E-state index in [0.717, 1.165) is 16.6 Å².